The number of rotatable bonds is 5. The van der Waals surface area contributed by atoms with Crippen molar-refractivity contribution in [3.63, 3.8) is 0 Å². The molecule has 0 N–H and O–H groups in total. The van der Waals surface area contributed by atoms with Gasteiger partial charge in [0.2, 0.25) is 0 Å². The second kappa shape index (κ2) is 10.4. The maximum Gasteiger partial charge on any atom is 0.419 e. The molecule has 2 nitrogen and oxygen atoms in total. The molecule has 2 saturated carbocycles. The Labute approximate surface area is 189 Å². The molecule has 32 heavy (non-hydrogen) atoms. The van der Waals surface area contributed by atoms with Crippen LogP contribution in [0.2, 0.25) is 0 Å². The molecule has 0 unspecified atom stereocenters. The summed E-state index contributed by atoms with van der Waals surface area (Å²) in [5, 5.41) is 0. The Morgan fingerprint density at radius 1 is 0.844 bits per heavy atom. The lowest BCUT2D eigenvalue weighted by Gasteiger charge is -2.41. The van der Waals surface area contributed by atoms with Gasteiger partial charge in [0, 0.05) is 11.8 Å². The van der Waals surface area contributed by atoms with Crippen molar-refractivity contribution in [2.24, 2.45) is 23.7 Å². The van der Waals surface area contributed by atoms with Gasteiger partial charge in [-0.3, -0.25) is 0 Å². The Hall–Kier alpha value is -1.14. The molecule has 1 saturated heterocycles. The number of ether oxygens (including phenoxy) is 2. The van der Waals surface area contributed by atoms with Crippen molar-refractivity contribution in [3.05, 3.63) is 35.1 Å². The number of benzene rings is 1. The summed E-state index contributed by atoms with van der Waals surface area (Å²) >= 11 is 0. The fourth-order valence-corrected chi connectivity index (χ4v) is 6.17. The molecule has 1 heterocycles. The Morgan fingerprint density at radius 2 is 1.47 bits per heavy atom. The fraction of sp³-hybridized carbons (Fsp3) is 0.769. The van der Waals surface area contributed by atoms with Gasteiger partial charge < -0.3 is 9.47 Å². The number of halogens is 4. The lowest BCUT2D eigenvalue weighted by atomic mass is 9.74. The molecule has 4 rings (SSSR count). The molecule has 0 atom stereocenters. The summed E-state index contributed by atoms with van der Waals surface area (Å²) in [5.41, 5.74) is -0.523. The van der Waals surface area contributed by atoms with Crippen LogP contribution < -0.4 is 0 Å². The van der Waals surface area contributed by atoms with Gasteiger partial charge in [0.05, 0.1) is 18.8 Å². The predicted octanol–water partition coefficient (Wildman–Crippen LogP) is 7.71. The van der Waals surface area contributed by atoms with Crippen molar-refractivity contribution < 1.29 is 27.0 Å². The van der Waals surface area contributed by atoms with E-state index in [1.54, 1.807) is 0 Å². The van der Waals surface area contributed by atoms with Crippen LogP contribution in [-0.2, 0) is 15.7 Å². The minimum Gasteiger partial charge on any atom is -0.352 e. The van der Waals surface area contributed by atoms with Crippen molar-refractivity contribution in [3.8, 4) is 0 Å². The summed E-state index contributed by atoms with van der Waals surface area (Å²) in [6.45, 7) is 3.82. The minimum atomic E-state index is -4.65. The van der Waals surface area contributed by atoms with E-state index in [2.05, 4.69) is 6.92 Å². The second-order valence-corrected chi connectivity index (χ2v) is 10.2. The predicted molar refractivity (Wildman–Crippen MR) is 116 cm³/mol. The highest BCUT2D eigenvalue weighted by Crippen LogP contribution is 2.42. The summed E-state index contributed by atoms with van der Waals surface area (Å²) < 4.78 is 64.7. The smallest absolute Gasteiger partial charge is 0.352 e. The topological polar surface area (TPSA) is 18.5 Å². The number of hydrogen-bond acceptors (Lipinski definition) is 2. The fourth-order valence-electron chi connectivity index (χ4n) is 6.17. The molecule has 1 aliphatic heterocycles. The van der Waals surface area contributed by atoms with Crippen LogP contribution in [0.1, 0.15) is 88.2 Å². The van der Waals surface area contributed by atoms with Gasteiger partial charge in [-0.25, -0.2) is 4.39 Å². The molecule has 3 aliphatic rings. The molecule has 3 fully saturated rings. The highest BCUT2D eigenvalue weighted by Gasteiger charge is 2.37. The molecule has 0 bridgehead atoms. The molecule has 6 heteroatoms. The number of hydrogen-bond donors (Lipinski definition) is 0. The normalized spacial score (nSPS) is 34.4. The van der Waals surface area contributed by atoms with Crippen LogP contribution in [-0.4, -0.2) is 19.5 Å². The van der Waals surface area contributed by atoms with Crippen LogP contribution in [0.3, 0.4) is 0 Å². The molecule has 1 aromatic rings. The molecule has 0 radical (unpaired) electrons. The first-order valence-electron chi connectivity index (χ1n) is 12.4. The molecule has 0 aromatic heterocycles. The minimum absolute atomic E-state index is 0.0951. The zero-order chi connectivity index (χ0) is 22.7. The monoisotopic (exact) mass is 456 g/mol. The Balaban J connectivity index is 1.22. The van der Waals surface area contributed by atoms with E-state index in [0.29, 0.717) is 23.3 Å². The van der Waals surface area contributed by atoms with Crippen molar-refractivity contribution >= 4 is 0 Å². The molecular weight excluding hydrogens is 420 g/mol. The lowest BCUT2D eigenvalue weighted by molar-refractivity contribution is -0.236. The summed E-state index contributed by atoms with van der Waals surface area (Å²) in [6, 6.07) is 3.38. The zero-order valence-electron chi connectivity index (χ0n) is 19.0. The van der Waals surface area contributed by atoms with Crippen LogP contribution in [0.15, 0.2) is 18.2 Å². The van der Waals surface area contributed by atoms with E-state index in [1.807, 2.05) is 0 Å². The Bertz CT molecular complexity index is 726. The summed E-state index contributed by atoms with van der Waals surface area (Å²) in [7, 11) is 0. The van der Waals surface area contributed by atoms with E-state index in [1.165, 1.54) is 44.6 Å². The zero-order valence-corrected chi connectivity index (χ0v) is 19.0. The van der Waals surface area contributed by atoms with E-state index in [9.17, 15) is 17.6 Å². The van der Waals surface area contributed by atoms with Crippen LogP contribution in [0.4, 0.5) is 17.6 Å². The quantitative estimate of drug-likeness (QED) is 0.422. The average molecular weight is 457 g/mol. The maximum absolute atomic E-state index is 14.0. The van der Waals surface area contributed by atoms with Crippen molar-refractivity contribution in [1.29, 1.82) is 0 Å². The van der Waals surface area contributed by atoms with E-state index >= 15 is 0 Å². The van der Waals surface area contributed by atoms with Crippen LogP contribution in [0.25, 0.3) is 0 Å². The van der Waals surface area contributed by atoms with Gasteiger partial charge >= 0.3 is 6.18 Å². The van der Waals surface area contributed by atoms with Gasteiger partial charge in [0.1, 0.15) is 5.82 Å². The Morgan fingerprint density at radius 3 is 2.03 bits per heavy atom. The highest BCUT2D eigenvalue weighted by atomic mass is 19.4. The summed E-state index contributed by atoms with van der Waals surface area (Å²) in [4.78, 5) is 0. The third-order valence-electron chi connectivity index (χ3n) is 8.13. The van der Waals surface area contributed by atoms with E-state index in [4.69, 9.17) is 9.47 Å². The Kier molecular flexibility index (Phi) is 7.81. The van der Waals surface area contributed by atoms with Gasteiger partial charge in [-0.1, -0.05) is 38.7 Å². The first kappa shape index (κ1) is 24.0. The van der Waals surface area contributed by atoms with Gasteiger partial charge in [0.15, 0.2) is 6.29 Å². The largest absolute Gasteiger partial charge is 0.419 e. The van der Waals surface area contributed by atoms with Gasteiger partial charge in [-0.2, -0.15) is 13.2 Å². The number of alkyl halides is 3. The molecule has 0 spiro atoms. The van der Waals surface area contributed by atoms with Gasteiger partial charge in [-0.05, 0) is 74.0 Å². The first-order chi connectivity index (χ1) is 15.3. The van der Waals surface area contributed by atoms with Crippen LogP contribution in [0, 0.1) is 29.5 Å². The summed E-state index contributed by atoms with van der Waals surface area (Å²) in [6.07, 6.45) is 6.51. The second-order valence-electron chi connectivity index (χ2n) is 10.2. The van der Waals surface area contributed by atoms with Crippen LogP contribution >= 0.6 is 0 Å². The van der Waals surface area contributed by atoms with Gasteiger partial charge in [-0.15, -0.1) is 0 Å². The van der Waals surface area contributed by atoms with Crippen molar-refractivity contribution in [1.82, 2.24) is 0 Å². The SMILES string of the molecule is CCCC1CCC(C2COC(C3CCC(c4ccc(C(F)(F)F)c(F)c4)CC3)OC2)CC1. The molecule has 180 valence electrons. The standard InChI is InChI=1S/C26H36F4O2/c1-2-3-17-4-6-19(7-5-17)22-15-31-25(32-16-22)20-10-8-18(9-11-20)21-12-13-23(24(27)14-21)26(28,29)30/h12-14,17-20,22,25H,2-11,15-16H2,1H3. The van der Waals surface area contributed by atoms with Crippen LogP contribution in [0.5, 0.6) is 0 Å². The third-order valence-corrected chi connectivity index (χ3v) is 8.13. The average Bonchev–Trinajstić information content (AvgIpc) is 2.79. The van der Waals surface area contributed by atoms with Crippen molar-refractivity contribution in [2.75, 3.05) is 13.2 Å². The van der Waals surface area contributed by atoms with Crippen molar-refractivity contribution in [2.45, 2.75) is 89.5 Å². The maximum atomic E-state index is 14.0. The molecule has 2 aliphatic carbocycles. The van der Waals surface area contributed by atoms with E-state index in [-0.39, 0.29) is 12.2 Å². The lowest BCUT2D eigenvalue weighted by Crippen LogP contribution is -2.41. The first-order valence-corrected chi connectivity index (χ1v) is 12.4. The van der Waals surface area contributed by atoms with Gasteiger partial charge in [0.25, 0.3) is 0 Å². The highest BCUT2D eigenvalue weighted by molar-refractivity contribution is 5.29. The molecule has 1 aromatic carbocycles. The molecular formula is C26H36F4O2. The molecule has 0 amide bonds. The summed E-state index contributed by atoms with van der Waals surface area (Å²) in [5.74, 6) is 1.35. The van der Waals surface area contributed by atoms with E-state index < -0.39 is 17.6 Å². The third kappa shape index (κ3) is 5.67. The van der Waals surface area contributed by atoms with E-state index in [0.717, 1.165) is 56.9 Å².